The highest BCUT2D eigenvalue weighted by Crippen LogP contribution is 2.52. The maximum Gasteiger partial charge on any atom is 0.137 e. The number of hydrogen-bond acceptors (Lipinski definition) is 3. The van der Waals surface area contributed by atoms with Crippen LogP contribution in [0, 0.1) is 0 Å². The van der Waals surface area contributed by atoms with E-state index in [9.17, 15) is 0 Å². The Balaban J connectivity index is 0.952. The first kappa shape index (κ1) is 36.5. The molecule has 296 valence electrons. The molecule has 63 heavy (non-hydrogen) atoms. The minimum absolute atomic E-state index is 0.875. The lowest BCUT2D eigenvalue weighted by atomic mass is 9.92. The van der Waals surface area contributed by atoms with E-state index in [2.05, 4.69) is 240 Å². The van der Waals surface area contributed by atoms with E-state index in [0.717, 1.165) is 67.2 Å². The van der Waals surface area contributed by atoms with Crippen molar-refractivity contribution in [3.63, 3.8) is 0 Å². The van der Waals surface area contributed by atoms with E-state index in [1.807, 2.05) is 12.1 Å². The molecule has 0 N–H and O–H groups in total. The Labute approximate surface area is 367 Å². The summed E-state index contributed by atoms with van der Waals surface area (Å²) >= 11 is 0. The van der Waals surface area contributed by atoms with Gasteiger partial charge in [-0.05, 0) is 117 Å². The number of nitrogens with zero attached hydrogens (tertiary/aromatic N) is 2. The van der Waals surface area contributed by atoms with Crippen LogP contribution in [0.2, 0.25) is 0 Å². The van der Waals surface area contributed by atoms with Gasteiger partial charge < -0.3 is 14.2 Å². The Kier molecular flexibility index (Phi) is 8.83. The van der Waals surface area contributed by atoms with Gasteiger partial charge in [0, 0.05) is 50.7 Å². The predicted molar refractivity (Wildman–Crippen MR) is 264 cm³/mol. The number of fused-ring (bicyclic) bond motifs is 8. The molecule has 11 aromatic rings. The van der Waals surface area contributed by atoms with E-state index in [-0.39, 0.29) is 0 Å². The first-order valence-electron chi connectivity index (χ1n) is 21.5. The molecule has 2 heterocycles. The summed E-state index contributed by atoms with van der Waals surface area (Å²) in [6.45, 7) is 0. The van der Waals surface area contributed by atoms with Gasteiger partial charge in [0.05, 0.1) is 11.4 Å². The van der Waals surface area contributed by atoms with E-state index in [1.165, 1.54) is 44.5 Å². The van der Waals surface area contributed by atoms with Crippen LogP contribution in [0.1, 0.15) is 0 Å². The number of furan rings is 1. The highest BCUT2D eigenvalue weighted by Gasteiger charge is 2.27. The van der Waals surface area contributed by atoms with E-state index in [4.69, 9.17) is 4.42 Å². The molecule has 3 nitrogen and oxygen atoms in total. The monoisotopic (exact) mass is 804 g/mol. The number of rotatable bonds is 7. The van der Waals surface area contributed by atoms with Crippen molar-refractivity contribution in [2.24, 2.45) is 0 Å². The fraction of sp³-hybridized carbons (Fsp3) is 0. The van der Waals surface area contributed by atoms with Crippen LogP contribution in [0.5, 0.6) is 0 Å². The van der Waals surface area contributed by atoms with Crippen molar-refractivity contribution in [1.82, 2.24) is 0 Å². The number of para-hydroxylation sites is 2. The van der Waals surface area contributed by atoms with Crippen molar-refractivity contribution >= 4 is 56.1 Å². The molecule has 0 saturated heterocycles. The van der Waals surface area contributed by atoms with Gasteiger partial charge >= 0.3 is 0 Å². The Morgan fingerprint density at radius 3 is 1.35 bits per heavy atom. The molecule has 0 aliphatic carbocycles. The van der Waals surface area contributed by atoms with Crippen LogP contribution in [-0.4, -0.2) is 0 Å². The Morgan fingerprint density at radius 1 is 0.286 bits per heavy atom. The van der Waals surface area contributed by atoms with Crippen LogP contribution in [-0.2, 0) is 0 Å². The molecule has 0 fully saturated rings. The van der Waals surface area contributed by atoms with Crippen LogP contribution in [0.4, 0.5) is 34.1 Å². The lowest BCUT2D eigenvalue weighted by Gasteiger charge is -2.27. The normalized spacial score (nSPS) is 11.8. The number of benzene rings is 10. The van der Waals surface area contributed by atoms with Crippen molar-refractivity contribution in [3.8, 4) is 55.6 Å². The number of anilines is 6. The van der Waals surface area contributed by atoms with Crippen molar-refractivity contribution in [3.05, 3.63) is 243 Å². The number of hydrogen-bond donors (Lipinski definition) is 0. The molecule has 0 spiro atoms. The van der Waals surface area contributed by atoms with Gasteiger partial charge in [-0.1, -0.05) is 164 Å². The second-order valence-electron chi connectivity index (χ2n) is 16.1. The molecular formula is C60H40N2O. The van der Waals surface area contributed by atoms with Crippen molar-refractivity contribution in [2.75, 3.05) is 9.80 Å². The maximum atomic E-state index is 6.43. The van der Waals surface area contributed by atoms with Gasteiger partial charge in [-0.15, -0.1) is 0 Å². The van der Waals surface area contributed by atoms with Crippen molar-refractivity contribution in [1.29, 1.82) is 0 Å². The molecule has 1 aliphatic heterocycles. The molecule has 1 aromatic heterocycles. The molecular weight excluding hydrogens is 765 g/mol. The van der Waals surface area contributed by atoms with E-state index >= 15 is 0 Å². The Bertz CT molecular complexity index is 3340. The average Bonchev–Trinajstić information content (AvgIpc) is 3.68. The zero-order valence-electron chi connectivity index (χ0n) is 34.4. The van der Waals surface area contributed by atoms with Crippen LogP contribution >= 0.6 is 0 Å². The summed E-state index contributed by atoms with van der Waals surface area (Å²) < 4.78 is 6.43. The first-order chi connectivity index (χ1) is 31.2. The topological polar surface area (TPSA) is 19.6 Å². The van der Waals surface area contributed by atoms with E-state index < -0.39 is 0 Å². The van der Waals surface area contributed by atoms with E-state index in [1.54, 1.807) is 0 Å². The third-order valence-corrected chi connectivity index (χ3v) is 12.4. The minimum atomic E-state index is 0.875. The summed E-state index contributed by atoms with van der Waals surface area (Å²) in [7, 11) is 0. The fourth-order valence-electron chi connectivity index (χ4n) is 9.35. The lowest BCUT2D eigenvalue weighted by Crippen LogP contribution is -2.11. The molecule has 0 bridgehead atoms. The molecule has 3 heteroatoms. The van der Waals surface area contributed by atoms with Gasteiger partial charge in [0.1, 0.15) is 11.2 Å². The predicted octanol–water partition coefficient (Wildman–Crippen LogP) is 17.2. The first-order valence-corrected chi connectivity index (χ1v) is 21.5. The van der Waals surface area contributed by atoms with Crippen LogP contribution in [0.25, 0.3) is 77.6 Å². The van der Waals surface area contributed by atoms with Gasteiger partial charge in [-0.2, -0.15) is 0 Å². The SMILES string of the molecule is c1ccc(-c2ccc(N(c3ccc(-c4ccccc4)cc3)c3ccc(-c4ccc5c(c4)-c4ccccc4-c4ccccc4N5c4ccc5c(c4)oc4ccccc45)cc3)cc2)cc1. The quantitative estimate of drug-likeness (QED) is 0.160. The third-order valence-electron chi connectivity index (χ3n) is 12.4. The average molecular weight is 805 g/mol. The van der Waals surface area contributed by atoms with Crippen molar-refractivity contribution < 1.29 is 4.42 Å². The molecule has 0 unspecified atom stereocenters. The lowest BCUT2D eigenvalue weighted by molar-refractivity contribution is 0.669. The highest BCUT2D eigenvalue weighted by molar-refractivity contribution is 6.08. The van der Waals surface area contributed by atoms with Crippen LogP contribution in [0.15, 0.2) is 247 Å². The van der Waals surface area contributed by atoms with Crippen molar-refractivity contribution in [2.45, 2.75) is 0 Å². The molecule has 0 radical (unpaired) electrons. The van der Waals surface area contributed by atoms with Gasteiger partial charge in [0.2, 0.25) is 0 Å². The van der Waals surface area contributed by atoms with Gasteiger partial charge in [0.15, 0.2) is 0 Å². The summed E-state index contributed by atoms with van der Waals surface area (Å²) in [4.78, 5) is 4.74. The van der Waals surface area contributed by atoms with Crippen LogP contribution < -0.4 is 9.80 Å². The minimum Gasteiger partial charge on any atom is -0.456 e. The summed E-state index contributed by atoms with van der Waals surface area (Å²) in [5.74, 6) is 0. The molecule has 0 amide bonds. The van der Waals surface area contributed by atoms with Gasteiger partial charge in [-0.25, -0.2) is 0 Å². The largest absolute Gasteiger partial charge is 0.456 e. The zero-order valence-corrected chi connectivity index (χ0v) is 34.4. The Morgan fingerprint density at radius 2 is 0.730 bits per heavy atom. The summed E-state index contributed by atoms with van der Waals surface area (Å²) in [5, 5.41) is 2.25. The molecule has 12 rings (SSSR count). The van der Waals surface area contributed by atoms with Crippen LogP contribution in [0.3, 0.4) is 0 Å². The Hall–Kier alpha value is -8.40. The molecule has 10 aromatic carbocycles. The molecule has 0 saturated carbocycles. The summed E-state index contributed by atoms with van der Waals surface area (Å²) in [5.41, 5.74) is 20.2. The maximum absolute atomic E-state index is 6.43. The molecule has 0 atom stereocenters. The summed E-state index contributed by atoms with van der Waals surface area (Å²) in [6.07, 6.45) is 0. The third kappa shape index (κ3) is 6.46. The fourth-order valence-corrected chi connectivity index (χ4v) is 9.35. The smallest absolute Gasteiger partial charge is 0.137 e. The van der Waals surface area contributed by atoms with E-state index in [0.29, 0.717) is 0 Å². The molecule has 1 aliphatic rings. The van der Waals surface area contributed by atoms with Gasteiger partial charge in [-0.3, -0.25) is 0 Å². The highest BCUT2D eigenvalue weighted by atomic mass is 16.3. The second kappa shape index (κ2) is 15.3. The zero-order chi connectivity index (χ0) is 41.7. The standard InChI is InChI=1S/C60H40N2O/c1-3-13-41(14-4-1)43-23-30-47(31-24-43)61(48-32-25-44(26-33-48)42-15-5-2-6-16-42)49-34-27-45(28-35-49)46-29-38-58-56(39-46)52-18-8-7-17-51(52)53-19-9-11-21-57(53)62(58)50-36-37-55-54-20-10-12-22-59(54)63-60(55)40-50/h1-40H. The van der Waals surface area contributed by atoms with Gasteiger partial charge in [0.25, 0.3) is 0 Å². The summed E-state index contributed by atoms with van der Waals surface area (Å²) in [6, 6.07) is 87.2. The second-order valence-corrected chi connectivity index (χ2v) is 16.1.